The van der Waals surface area contributed by atoms with Crippen LogP contribution < -0.4 is 16.4 Å². The number of carbonyl (C=O) groups is 1. The highest BCUT2D eigenvalue weighted by Crippen LogP contribution is 2.15. The summed E-state index contributed by atoms with van der Waals surface area (Å²) in [5.41, 5.74) is 6.34. The quantitative estimate of drug-likeness (QED) is 0.492. The summed E-state index contributed by atoms with van der Waals surface area (Å²) >= 11 is 0. The summed E-state index contributed by atoms with van der Waals surface area (Å²) in [6.07, 6.45) is 9.65. The topological polar surface area (TPSA) is 102 Å². The lowest BCUT2D eigenvalue weighted by molar-refractivity contribution is -0.109. The van der Waals surface area contributed by atoms with Crippen LogP contribution in [0.3, 0.4) is 0 Å². The molecule has 1 aromatic heterocycles. The minimum atomic E-state index is 0.460. The Morgan fingerprint density at radius 2 is 1.70 bits per heavy atom. The fourth-order valence-corrected chi connectivity index (χ4v) is 2.29. The molecule has 27 heavy (non-hydrogen) atoms. The molecule has 4 N–H and O–H groups in total. The summed E-state index contributed by atoms with van der Waals surface area (Å²) < 4.78 is 4.62. The molecule has 0 aliphatic heterocycles. The molecule has 0 aromatic carbocycles. The zero-order chi connectivity index (χ0) is 20.8. The highest BCUT2D eigenvalue weighted by atomic mass is 16.5. The lowest BCUT2D eigenvalue weighted by Gasteiger charge is -2.05. The van der Waals surface area contributed by atoms with Gasteiger partial charge in [0.1, 0.15) is 11.6 Å². The van der Waals surface area contributed by atoms with Crippen molar-refractivity contribution in [1.29, 1.82) is 0 Å². The van der Waals surface area contributed by atoms with Crippen LogP contribution in [0, 0.1) is 6.92 Å². The summed E-state index contributed by atoms with van der Waals surface area (Å²) in [4.78, 5) is 17.9. The summed E-state index contributed by atoms with van der Waals surface area (Å²) in [7, 11) is 1.59. The van der Waals surface area contributed by atoms with Crippen molar-refractivity contribution in [2.24, 2.45) is 5.73 Å². The number of anilines is 1. The van der Waals surface area contributed by atoms with Gasteiger partial charge < -0.3 is 21.1 Å². The largest absolute Gasteiger partial charge is 0.383 e. The molecule has 1 heterocycles. The second kappa shape index (κ2) is 22.3. The van der Waals surface area contributed by atoms with Gasteiger partial charge in [-0.2, -0.15) is 0 Å². The van der Waals surface area contributed by atoms with Gasteiger partial charge in [0.25, 0.3) is 0 Å². The van der Waals surface area contributed by atoms with Crippen LogP contribution in [0.4, 0.5) is 5.82 Å². The van der Waals surface area contributed by atoms with Gasteiger partial charge in [0.2, 0.25) is 6.41 Å². The number of hydrogen-bond acceptors (Lipinski definition) is 6. The third-order valence-corrected chi connectivity index (χ3v) is 3.49. The van der Waals surface area contributed by atoms with E-state index >= 15 is 0 Å². The molecule has 0 unspecified atom stereocenters. The molecule has 0 bridgehead atoms. The van der Waals surface area contributed by atoms with Gasteiger partial charge >= 0.3 is 0 Å². The molecule has 0 radical (unpaired) electrons. The Balaban J connectivity index is 0. The number of aromatic nitrogens is 2. The van der Waals surface area contributed by atoms with Crippen LogP contribution in [-0.4, -0.2) is 43.2 Å². The van der Waals surface area contributed by atoms with E-state index in [1.807, 2.05) is 33.8 Å². The molecule has 1 aliphatic carbocycles. The van der Waals surface area contributed by atoms with Gasteiger partial charge in [0.05, 0.1) is 12.3 Å². The molecule has 1 aliphatic rings. The summed E-state index contributed by atoms with van der Waals surface area (Å²) in [6, 6.07) is 1.87. The van der Waals surface area contributed by atoms with Crippen molar-refractivity contribution in [3.8, 4) is 0 Å². The fourth-order valence-electron chi connectivity index (χ4n) is 2.29. The second-order valence-corrected chi connectivity index (χ2v) is 5.71. The van der Waals surface area contributed by atoms with Crippen molar-refractivity contribution in [3.63, 3.8) is 0 Å². The Hall–Kier alpha value is -1.73. The van der Waals surface area contributed by atoms with Gasteiger partial charge in [-0.1, -0.05) is 52.4 Å². The molecule has 7 heteroatoms. The van der Waals surface area contributed by atoms with Crippen LogP contribution in [0.15, 0.2) is 6.07 Å². The van der Waals surface area contributed by atoms with E-state index in [1.165, 1.54) is 38.5 Å². The lowest BCUT2D eigenvalue weighted by atomic mass is 10.0. The molecular formula is C20H41N5O2. The lowest BCUT2D eigenvalue weighted by Crippen LogP contribution is -2.16. The van der Waals surface area contributed by atoms with Crippen molar-refractivity contribution in [2.75, 3.05) is 32.1 Å². The van der Waals surface area contributed by atoms with Crippen LogP contribution in [0.1, 0.15) is 70.8 Å². The first-order chi connectivity index (χ1) is 13.2. The van der Waals surface area contributed by atoms with Crippen molar-refractivity contribution >= 4 is 12.2 Å². The normalized spacial score (nSPS) is 12.1. The first kappa shape index (κ1) is 27.5. The van der Waals surface area contributed by atoms with E-state index in [1.54, 1.807) is 7.11 Å². The first-order valence-electron chi connectivity index (χ1n) is 10.1. The molecule has 0 atom stereocenters. The van der Waals surface area contributed by atoms with Gasteiger partial charge in [0.15, 0.2) is 0 Å². The summed E-state index contributed by atoms with van der Waals surface area (Å²) in [5.74, 6) is 1.61. The van der Waals surface area contributed by atoms with Crippen LogP contribution >= 0.6 is 0 Å². The molecule has 1 fully saturated rings. The highest BCUT2D eigenvalue weighted by Gasteiger charge is 1.98. The third-order valence-electron chi connectivity index (χ3n) is 3.49. The smallest absolute Gasteiger partial charge is 0.207 e. The van der Waals surface area contributed by atoms with Crippen molar-refractivity contribution < 1.29 is 9.53 Å². The van der Waals surface area contributed by atoms with Gasteiger partial charge in [0, 0.05) is 32.8 Å². The third kappa shape index (κ3) is 18.8. The number of nitrogens with zero attached hydrogens (tertiary/aromatic N) is 2. The van der Waals surface area contributed by atoms with Gasteiger partial charge in [-0.05, 0) is 13.8 Å². The molecule has 0 spiro atoms. The first-order valence-corrected chi connectivity index (χ1v) is 10.1. The number of carbonyl (C=O) groups excluding carboxylic acids is 1. The maximum atomic E-state index is 9.51. The zero-order valence-corrected chi connectivity index (χ0v) is 18.0. The monoisotopic (exact) mass is 383 g/mol. The Morgan fingerprint density at radius 3 is 2.11 bits per heavy atom. The Labute approximate surface area is 165 Å². The van der Waals surface area contributed by atoms with Crippen LogP contribution in [0.25, 0.3) is 0 Å². The van der Waals surface area contributed by atoms with E-state index < -0.39 is 0 Å². The average molecular weight is 384 g/mol. The predicted octanol–water partition coefficient (Wildman–Crippen LogP) is 3.42. The Kier molecular flexibility index (Phi) is 22.7. The maximum Gasteiger partial charge on any atom is 0.207 e. The maximum absolute atomic E-state index is 9.51. The van der Waals surface area contributed by atoms with E-state index in [0.717, 1.165) is 23.9 Å². The minimum Gasteiger partial charge on any atom is -0.383 e. The molecular weight excluding hydrogens is 342 g/mol. The highest BCUT2D eigenvalue weighted by molar-refractivity contribution is 5.45. The van der Waals surface area contributed by atoms with Crippen LogP contribution in [-0.2, 0) is 16.1 Å². The Bertz CT molecular complexity index is 429. The number of ether oxygens (including phenoxy) is 1. The van der Waals surface area contributed by atoms with Crippen molar-refractivity contribution in [2.45, 2.75) is 72.8 Å². The number of aryl methyl sites for hydroxylation is 1. The number of rotatable bonds is 7. The molecule has 158 valence electrons. The zero-order valence-electron chi connectivity index (χ0n) is 18.0. The van der Waals surface area contributed by atoms with Crippen molar-refractivity contribution in [3.05, 3.63) is 17.6 Å². The number of amides is 1. The molecule has 2 rings (SSSR count). The van der Waals surface area contributed by atoms with Crippen LogP contribution in [0.5, 0.6) is 0 Å². The van der Waals surface area contributed by atoms with Gasteiger partial charge in [-0.15, -0.1) is 0 Å². The van der Waals surface area contributed by atoms with E-state index in [2.05, 4.69) is 25.3 Å². The number of hydrogen-bond donors (Lipinski definition) is 3. The average Bonchev–Trinajstić information content (AvgIpc) is 2.72. The Morgan fingerprint density at radius 1 is 1.15 bits per heavy atom. The van der Waals surface area contributed by atoms with E-state index in [4.69, 9.17) is 5.73 Å². The van der Waals surface area contributed by atoms with E-state index in [0.29, 0.717) is 26.1 Å². The molecule has 1 saturated carbocycles. The number of nitrogens with one attached hydrogen (secondary N) is 2. The minimum absolute atomic E-state index is 0.460. The molecule has 0 saturated heterocycles. The predicted molar refractivity (Wildman–Crippen MR) is 114 cm³/mol. The van der Waals surface area contributed by atoms with Crippen LogP contribution in [0.2, 0.25) is 0 Å². The van der Waals surface area contributed by atoms with E-state index in [-0.39, 0.29) is 0 Å². The van der Waals surface area contributed by atoms with Gasteiger partial charge in [-0.25, -0.2) is 9.97 Å². The summed E-state index contributed by atoms with van der Waals surface area (Å²) in [6.45, 7) is 10.4. The standard InChI is InChI=1S/C8H14N4.C6H12.C4H9NO2.C2H6/c1-3-10-8-4-7(5-9)11-6(2)12-8;1-2-4-6-5-3-1;1-7-3-2-5-4-6;1-2/h4H,3,5,9H2,1-2H3,(H,10,11,12);1-6H2;4H,2-3H2,1H3,(H,5,6);1-2H3. The second-order valence-electron chi connectivity index (χ2n) is 5.71. The summed E-state index contributed by atoms with van der Waals surface area (Å²) in [5, 5.41) is 5.56. The number of methoxy groups -OCH3 is 1. The van der Waals surface area contributed by atoms with Crippen molar-refractivity contribution in [1.82, 2.24) is 15.3 Å². The fraction of sp³-hybridized carbons (Fsp3) is 0.750. The van der Waals surface area contributed by atoms with Gasteiger partial charge in [-0.3, -0.25) is 4.79 Å². The van der Waals surface area contributed by atoms with E-state index in [9.17, 15) is 4.79 Å². The molecule has 1 aromatic rings. The number of nitrogens with two attached hydrogens (primary N) is 1. The SMILES string of the molecule is C1CCCCC1.CC.CCNc1cc(CN)nc(C)n1.COCCNC=O. The molecule has 7 nitrogen and oxygen atoms in total. The molecule has 1 amide bonds.